The molecule has 0 amide bonds. The number of nitrogens with two attached hydrogens (primary N) is 1. The maximum atomic E-state index is 13.2. The summed E-state index contributed by atoms with van der Waals surface area (Å²) in [5.41, 5.74) is 6.81. The van der Waals surface area contributed by atoms with Crippen LogP contribution in [0.4, 0.5) is 15.8 Å². The van der Waals surface area contributed by atoms with Gasteiger partial charge in [0.2, 0.25) is 0 Å². The molecular formula is C13H21FN4. The van der Waals surface area contributed by atoms with Gasteiger partial charge >= 0.3 is 0 Å². The number of hydrogen-bond acceptors (Lipinski definition) is 4. The summed E-state index contributed by atoms with van der Waals surface area (Å²) in [4.78, 5) is 4.64. The summed E-state index contributed by atoms with van der Waals surface area (Å²) >= 11 is 0. The van der Waals surface area contributed by atoms with Crippen molar-refractivity contribution in [1.82, 2.24) is 9.80 Å². The molecule has 1 aromatic carbocycles. The van der Waals surface area contributed by atoms with Crippen molar-refractivity contribution in [3.05, 3.63) is 24.0 Å². The molecule has 2 rings (SSSR count). The molecule has 0 spiro atoms. The van der Waals surface area contributed by atoms with Crippen molar-refractivity contribution in [3.8, 4) is 0 Å². The summed E-state index contributed by atoms with van der Waals surface area (Å²) < 4.78 is 13.2. The van der Waals surface area contributed by atoms with Crippen molar-refractivity contribution < 1.29 is 4.39 Å². The lowest BCUT2D eigenvalue weighted by atomic mass is 10.2. The second kappa shape index (κ2) is 5.54. The Hall–Kier alpha value is -1.33. The molecule has 1 aromatic rings. The molecule has 4 nitrogen and oxygen atoms in total. The number of anilines is 2. The standard InChI is InChI=1S/C13H21FN4/c1-17-3-4-18(2)13(9-17)8-16-12-6-10(14)5-11(15)7-12/h5-7,13,16H,3-4,8-9,15H2,1-2H3. The topological polar surface area (TPSA) is 44.5 Å². The number of nitrogen functional groups attached to an aromatic ring is 1. The number of benzene rings is 1. The van der Waals surface area contributed by atoms with Crippen LogP contribution in [0.2, 0.25) is 0 Å². The molecule has 1 fully saturated rings. The number of likely N-dealkylation sites (N-methyl/N-ethyl adjacent to an activating group) is 2. The number of nitrogens with one attached hydrogen (secondary N) is 1. The Kier molecular flexibility index (Phi) is 4.04. The lowest BCUT2D eigenvalue weighted by molar-refractivity contribution is 0.122. The fourth-order valence-electron chi connectivity index (χ4n) is 2.27. The molecule has 5 heteroatoms. The van der Waals surface area contributed by atoms with Crippen molar-refractivity contribution in [3.63, 3.8) is 0 Å². The minimum Gasteiger partial charge on any atom is -0.399 e. The fourth-order valence-corrected chi connectivity index (χ4v) is 2.27. The highest BCUT2D eigenvalue weighted by Crippen LogP contribution is 2.16. The second-order valence-corrected chi connectivity index (χ2v) is 5.05. The van der Waals surface area contributed by atoms with Crippen LogP contribution in [0.3, 0.4) is 0 Å². The van der Waals surface area contributed by atoms with Gasteiger partial charge in [-0.1, -0.05) is 0 Å². The quantitative estimate of drug-likeness (QED) is 0.790. The molecule has 0 bridgehead atoms. The van der Waals surface area contributed by atoms with E-state index >= 15 is 0 Å². The summed E-state index contributed by atoms with van der Waals surface area (Å²) in [6.07, 6.45) is 0. The van der Waals surface area contributed by atoms with Crippen molar-refractivity contribution in [2.75, 3.05) is 51.3 Å². The number of hydrogen-bond donors (Lipinski definition) is 2. The van der Waals surface area contributed by atoms with Gasteiger partial charge in [0.25, 0.3) is 0 Å². The van der Waals surface area contributed by atoms with Crippen molar-refractivity contribution in [1.29, 1.82) is 0 Å². The predicted molar refractivity (Wildman–Crippen MR) is 73.2 cm³/mol. The molecule has 1 aliphatic heterocycles. The molecule has 1 aliphatic rings. The lowest BCUT2D eigenvalue weighted by Gasteiger charge is -2.37. The fraction of sp³-hybridized carbons (Fsp3) is 0.538. The number of rotatable bonds is 3. The van der Waals surface area contributed by atoms with Crippen molar-refractivity contribution >= 4 is 11.4 Å². The van der Waals surface area contributed by atoms with E-state index in [1.807, 2.05) is 0 Å². The first-order valence-corrected chi connectivity index (χ1v) is 6.23. The molecule has 1 saturated heterocycles. The van der Waals surface area contributed by atoms with E-state index in [9.17, 15) is 4.39 Å². The molecule has 0 radical (unpaired) electrons. The molecule has 18 heavy (non-hydrogen) atoms. The largest absolute Gasteiger partial charge is 0.399 e. The van der Waals surface area contributed by atoms with Crippen LogP contribution in [-0.2, 0) is 0 Å². The van der Waals surface area contributed by atoms with Gasteiger partial charge in [-0.3, -0.25) is 4.90 Å². The average molecular weight is 252 g/mol. The van der Waals surface area contributed by atoms with E-state index in [1.54, 1.807) is 6.07 Å². The Labute approximate surface area is 108 Å². The first-order chi connectivity index (χ1) is 8.54. The van der Waals surface area contributed by atoms with E-state index in [4.69, 9.17) is 5.73 Å². The van der Waals surface area contributed by atoms with Gasteiger partial charge in [-0.15, -0.1) is 0 Å². The summed E-state index contributed by atoms with van der Waals surface area (Å²) in [6.45, 7) is 3.98. The third kappa shape index (κ3) is 3.34. The zero-order valence-electron chi connectivity index (χ0n) is 11.0. The van der Waals surface area contributed by atoms with Crippen molar-refractivity contribution in [2.45, 2.75) is 6.04 Å². The molecule has 0 aromatic heterocycles. The predicted octanol–water partition coefficient (Wildman–Crippen LogP) is 1.07. The molecular weight excluding hydrogens is 231 g/mol. The molecule has 3 N–H and O–H groups in total. The zero-order valence-corrected chi connectivity index (χ0v) is 11.0. The maximum Gasteiger partial charge on any atom is 0.127 e. The summed E-state index contributed by atoms with van der Waals surface area (Å²) in [5.74, 6) is -0.299. The minimum absolute atomic E-state index is 0.299. The van der Waals surface area contributed by atoms with Gasteiger partial charge in [0.05, 0.1) is 0 Å². The summed E-state index contributed by atoms with van der Waals surface area (Å²) in [6, 6.07) is 5.00. The zero-order chi connectivity index (χ0) is 13.1. The van der Waals surface area contributed by atoms with Crippen LogP contribution in [0.5, 0.6) is 0 Å². The van der Waals surface area contributed by atoms with Crippen LogP contribution in [0.25, 0.3) is 0 Å². The lowest BCUT2D eigenvalue weighted by Crippen LogP contribution is -2.52. The average Bonchev–Trinajstić information content (AvgIpc) is 2.29. The molecule has 1 heterocycles. The van der Waals surface area contributed by atoms with E-state index in [1.165, 1.54) is 12.1 Å². The first kappa shape index (κ1) is 13.1. The Morgan fingerprint density at radius 1 is 1.33 bits per heavy atom. The van der Waals surface area contributed by atoms with Crippen LogP contribution >= 0.6 is 0 Å². The van der Waals surface area contributed by atoms with E-state index in [2.05, 4.69) is 29.2 Å². The highest BCUT2D eigenvalue weighted by atomic mass is 19.1. The minimum atomic E-state index is -0.299. The van der Waals surface area contributed by atoms with Crippen LogP contribution < -0.4 is 11.1 Å². The summed E-state index contributed by atoms with van der Waals surface area (Å²) in [7, 11) is 4.25. The van der Waals surface area contributed by atoms with Gasteiger partial charge in [-0.25, -0.2) is 4.39 Å². The van der Waals surface area contributed by atoms with Gasteiger partial charge in [0.1, 0.15) is 5.82 Å². The Bertz CT molecular complexity index is 390. The Morgan fingerprint density at radius 3 is 2.83 bits per heavy atom. The van der Waals surface area contributed by atoms with E-state index in [0.29, 0.717) is 11.7 Å². The SMILES string of the molecule is CN1CCN(C)C(CNc2cc(N)cc(F)c2)C1. The van der Waals surface area contributed by atoms with Gasteiger partial charge in [0, 0.05) is 43.6 Å². The van der Waals surface area contributed by atoms with Crippen molar-refractivity contribution in [2.24, 2.45) is 0 Å². The van der Waals surface area contributed by atoms with Crippen LogP contribution in [0.15, 0.2) is 18.2 Å². The van der Waals surface area contributed by atoms with E-state index < -0.39 is 0 Å². The molecule has 0 aliphatic carbocycles. The van der Waals surface area contributed by atoms with Gasteiger partial charge in [-0.2, -0.15) is 0 Å². The molecule has 1 unspecified atom stereocenters. The second-order valence-electron chi connectivity index (χ2n) is 5.05. The third-order valence-corrected chi connectivity index (χ3v) is 3.44. The maximum absolute atomic E-state index is 13.2. The van der Waals surface area contributed by atoms with Gasteiger partial charge in [-0.05, 0) is 32.3 Å². The Balaban J connectivity index is 1.94. The van der Waals surface area contributed by atoms with Gasteiger partial charge in [0.15, 0.2) is 0 Å². The molecule has 1 atom stereocenters. The van der Waals surface area contributed by atoms with Gasteiger partial charge < -0.3 is 16.0 Å². The molecule has 0 saturated carbocycles. The number of piperazine rings is 1. The first-order valence-electron chi connectivity index (χ1n) is 6.23. The monoisotopic (exact) mass is 252 g/mol. The number of halogens is 1. The van der Waals surface area contributed by atoms with Crippen LogP contribution in [-0.4, -0.2) is 56.1 Å². The highest BCUT2D eigenvalue weighted by Gasteiger charge is 2.21. The number of nitrogens with zero attached hydrogens (tertiary/aromatic N) is 2. The normalized spacial score (nSPS) is 22.1. The van der Waals surface area contributed by atoms with E-state index in [-0.39, 0.29) is 5.82 Å². The smallest absolute Gasteiger partial charge is 0.127 e. The summed E-state index contributed by atoms with van der Waals surface area (Å²) in [5, 5.41) is 3.26. The van der Waals surface area contributed by atoms with E-state index in [0.717, 1.165) is 31.9 Å². The molecule has 100 valence electrons. The van der Waals surface area contributed by atoms with Crippen LogP contribution in [0.1, 0.15) is 0 Å². The highest BCUT2D eigenvalue weighted by molar-refractivity contribution is 5.54. The third-order valence-electron chi connectivity index (χ3n) is 3.44. The Morgan fingerprint density at radius 2 is 2.11 bits per heavy atom. The van der Waals surface area contributed by atoms with Crippen LogP contribution in [0, 0.1) is 5.82 Å².